The van der Waals surface area contributed by atoms with Gasteiger partial charge in [0.1, 0.15) is 11.5 Å². The fraction of sp³-hybridized carbons (Fsp3) is 0.143. The van der Waals surface area contributed by atoms with E-state index in [9.17, 15) is 13.2 Å². The topological polar surface area (TPSA) is 62.8 Å². The molecule has 8 heteroatoms. The first-order valence-corrected chi connectivity index (χ1v) is 4.19. The van der Waals surface area contributed by atoms with Gasteiger partial charge in [0.15, 0.2) is 0 Å². The smallest absolute Gasteiger partial charge is 0.382 e. The Hall–Kier alpha value is -0.820. The minimum atomic E-state index is -4.56. The second-order valence-corrected chi connectivity index (χ2v) is 3.38. The summed E-state index contributed by atoms with van der Waals surface area (Å²) in [6.45, 7) is 0. The van der Waals surface area contributed by atoms with Gasteiger partial charge >= 0.3 is 6.18 Å². The summed E-state index contributed by atoms with van der Waals surface area (Å²) in [5, 5.41) is 6.93. The van der Waals surface area contributed by atoms with E-state index in [0.29, 0.717) is 0 Å². The SMILES string of the molecule is Cl.N=C(N)c1ncc(Br)cc1C(F)(F)F. The normalized spacial score (nSPS) is 10.7. The van der Waals surface area contributed by atoms with Crippen molar-refractivity contribution in [3.05, 3.63) is 28.0 Å². The molecule has 0 spiro atoms. The third kappa shape index (κ3) is 3.35. The number of hydrogen-bond acceptors (Lipinski definition) is 2. The Kier molecular flexibility index (Phi) is 4.54. The largest absolute Gasteiger partial charge is 0.418 e. The molecule has 0 unspecified atom stereocenters. The summed E-state index contributed by atoms with van der Waals surface area (Å²) in [7, 11) is 0. The average Bonchev–Trinajstić information content (AvgIpc) is 2.01. The van der Waals surface area contributed by atoms with Gasteiger partial charge in [-0.3, -0.25) is 10.4 Å². The Balaban J connectivity index is 0.00000196. The van der Waals surface area contributed by atoms with Crippen molar-refractivity contribution in [3.8, 4) is 0 Å². The number of hydrogen-bond donors (Lipinski definition) is 2. The molecular formula is C7H6BrClF3N3. The highest BCUT2D eigenvalue weighted by atomic mass is 79.9. The highest BCUT2D eigenvalue weighted by molar-refractivity contribution is 9.10. The van der Waals surface area contributed by atoms with Crippen LogP contribution >= 0.6 is 28.3 Å². The van der Waals surface area contributed by atoms with E-state index in [4.69, 9.17) is 11.1 Å². The molecule has 84 valence electrons. The third-order valence-corrected chi connectivity index (χ3v) is 1.85. The van der Waals surface area contributed by atoms with Crippen LogP contribution in [0.2, 0.25) is 0 Å². The summed E-state index contributed by atoms with van der Waals surface area (Å²) < 4.78 is 37.3. The van der Waals surface area contributed by atoms with Crippen LogP contribution in [-0.4, -0.2) is 10.8 Å². The Morgan fingerprint density at radius 2 is 2.00 bits per heavy atom. The van der Waals surface area contributed by atoms with E-state index in [1.54, 1.807) is 0 Å². The van der Waals surface area contributed by atoms with Crippen LogP contribution in [0.3, 0.4) is 0 Å². The molecule has 0 bridgehead atoms. The fourth-order valence-corrected chi connectivity index (χ4v) is 1.20. The number of pyridine rings is 1. The number of nitrogens with zero attached hydrogens (tertiary/aromatic N) is 1. The van der Waals surface area contributed by atoms with Gasteiger partial charge in [0.2, 0.25) is 0 Å². The number of nitrogens with one attached hydrogen (secondary N) is 1. The molecule has 0 aliphatic carbocycles. The van der Waals surface area contributed by atoms with Crippen molar-refractivity contribution in [2.45, 2.75) is 6.18 Å². The van der Waals surface area contributed by atoms with E-state index in [2.05, 4.69) is 20.9 Å². The maximum atomic E-state index is 12.4. The van der Waals surface area contributed by atoms with E-state index >= 15 is 0 Å². The molecule has 1 aromatic heterocycles. The molecule has 1 heterocycles. The minimum Gasteiger partial charge on any atom is -0.382 e. The van der Waals surface area contributed by atoms with Gasteiger partial charge in [0.05, 0.1) is 5.56 Å². The molecule has 0 fully saturated rings. The quantitative estimate of drug-likeness (QED) is 0.619. The lowest BCUT2D eigenvalue weighted by atomic mass is 10.2. The van der Waals surface area contributed by atoms with Crippen LogP contribution < -0.4 is 5.73 Å². The maximum absolute atomic E-state index is 12.4. The fourth-order valence-electron chi connectivity index (χ4n) is 0.870. The third-order valence-electron chi connectivity index (χ3n) is 1.41. The van der Waals surface area contributed by atoms with Crippen molar-refractivity contribution in [1.29, 1.82) is 5.41 Å². The van der Waals surface area contributed by atoms with Gasteiger partial charge in [-0.15, -0.1) is 12.4 Å². The lowest BCUT2D eigenvalue weighted by Crippen LogP contribution is -2.20. The first-order chi connectivity index (χ1) is 6.32. The first kappa shape index (κ1) is 14.2. The monoisotopic (exact) mass is 303 g/mol. The van der Waals surface area contributed by atoms with Crippen molar-refractivity contribution in [2.24, 2.45) is 5.73 Å². The maximum Gasteiger partial charge on any atom is 0.418 e. The van der Waals surface area contributed by atoms with Crippen molar-refractivity contribution in [3.63, 3.8) is 0 Å². The van der Waals surface area contributed by atoms with Crippen LogP contribution in [0.5, 0.6) is 0 Å². The Labute approximate surface area is 97.9 Å². The highest BCUT2D eigenvalue weighted by Gasteiger charge is 2.35. The summed E-state index contributed by atoms with van der Waals surface area (Å²) in [5.74, 6) is -0.704. The number of alkyl halides is 3. The molecule has 0 atom stereocenters. The summed E-state index contributed by atoms with van der Waals surface area (Å²) >= 11 is 2.86. The predicted molar refractivity (Wildman–Crippen MR) is 55.2 cm³/mol. The molecule has 3 nitrogen and oxygen atoms in total. The average molecular weight is 304 g/mol. The molecule has 0 saturated carbocycles. The van der Waals surface area contributed by atoms with E-state index in [0.717, 1.165) is 12.3 Å². The molecule has 1 aromatic rings. The van der Waals surface area contributed by atoms with Gasteiger partial charge in [-0.1, -0.05) is 0 Å². The minimum absolute atomic E-state index is 0. The highest BCUT2D eigenvalue weighted by Crippen LogP contribution is 2.32. The van der Waals surface area contributed by atoms with Crippen LogP contribution in [0, 0.1) is 5.41 Å². The van der Waals surface area contributed by atoms with Crippen molar-refractivity contribution in [1.82, 2.24) is 4.98 Å². The summed E-state index contributed by atoms with van der Waals surface area (Å²) in [5.41, 5.74) is 3.40. The zero-order chi connectivity index (χ0) is 10.9. The zero-order valence-corrected chi connectivity index (χ0v) is 9.50. The summed E-state index contributed by atoms with van der Waals surface area (Å²) in [6.07, 6.45) is -3.40. The number of amidine groups is 1. The molecule has 15 heavy (non-hydrogen) atoms. The standard InChI is InChI=1S/C7H5BrF3N3.ClH/c8-3-1-4(7(9,10)11)5(6(12)13)14-2-3;/h1-2H,(H3,12,13);1H. The van der Waals surface area contributed by atoms with Crippen LogP contribution in [0.1, 0.15) is 11.3 Å². The van der Waals surface area contributed by atoms with Crippen LogP contribution in [0.15, 0.2) is 16.7 Å². The Morgan fingerprint density at radius 1 is 1.47 bits per heavy atom. The van der Waals surface area contributed by atoms with E-state index in [1.165, 1.54) is 0 Å². The van der Waals surface area contributed by atoms with Gasteiger partial charge in [-0.2, -0.15) is 13.2 Å². The second kappa shape index (κ2) is 4.80. The van der Waals surface area contributed by atoms with Gasteiger partial charge in [-0.25, -0.2) is 0 Å². The van der Waals surface area contributed by atoms with Crippen molar-refractivity contribution >= 4 is 34.2 Å². The number of rotatable bonds is 1. The molecule has 1 rings (SSSR count). The predicted octanol–water partition coefficient (Wildman–Crippen LogP) is 2.57. The summed E-state index contributed by atoms with van der Waals surface area (Å²) in [4.78, 5) is 3.43. The molecule has 0 radical (unpaired) electrons. The molecule has 0 aliphatic heterocycles. The lowest BCUT2D eigenvalue weighted by molar-refractivity contribution is -0.138. The van der Waals surface area contributed by atoms with Crippen LogP contribution in [0.25, 0.3) is 0 Å². The van der Waals surface area contributed by atoms with E-state index in [1.807, 2.05) is 0 Å². The first-order valence-electron chi connectivity index (χ1n) is 3.39. The molecule has 0 amide bonds. The van der Waals surface area contributed by atoms with Crippen molar-refractivity contribution in [2.75, 3.05) is 0 Å². The molecule has 3 N–H and O–H groups in total. The number of halogens is 5. The van der Waals surface area contributed by atoms with E-state index < -0.39 is 23.3 Å². The number of aromatic nitrogens is 1. The van der Waals surface area contributed by atoms with Gasteiger partial charge in [0, 0.05) is 10.7 Å². The number of nitrogen functional groups attached to an aromatic ring is 1. The van der Waals surface area contributed by atoms with Gasteiger partial charge in [-0.05, 0) is 22.0 Å². The Bertz CT molecular complexity index is 380. The summed E-state index contributed by atoms with van der Waals surface area (Å²) in [6, 6.07) is 0.837. The molecule has 0 saturated heterocycles. The van der Waals surface area contributed by atoms with Gasteiger partial charge in [0.25, 0.3) is 0 Å². The lowest BCUT2D eigenvalue weighted by Gasteiger charge is -2.10. The van der Waals surface area contributed by atoms with E-state index in [-0.39, 0.29) is 16.9 Å². The Morgan fingerprint density at radius 3 is 2.40 bits per heavy atom. The second-order valence-electron chi connectivity index (χ2n) is 2.46. The van der Waals surface area contributed by atoms with Crippen LogP contribution in [-0.2, 0) is 6.18 Å². The molecule has 0 aliphatic rings. The van der Waals surface area contributed by atoms with Crippen LogP contribution in [0.4, 0.5) is 13.2 Å². The molecular weight excluding hydrogens is 298 g/mol. The number of nitrogens with two attached hydrogens (primary N) is 1. The van der Waals surface area contributed by atoms with Gasteiger partial charge < -0.3 is 5.73 Å². The van der Waals surface area contributed by atoms with Crippen molar-refractivity contribution < 1.29 is 13.2 Å². The molecule has 0 aromatic carbocycles. The zero-order valence-electron chi connectivity index (χ0n) is 7.10.